The van der Waals surface area contributed by atoms with Gasteiger partial charge in [0.25, 0.3) is 0 Å². The predicted molar refractivity (Wildman–Crippen MR) is 95.4 cm³/mol. The van der Waals surface area contributed by atoms with Crippen molar-refractivity contribution in [3.63, 3.8) is 0 Å². The Bertz CT molecular complexity index is 727. The van der Waals surface area contributed by atoms with Gasteiger partial charge in [-0.3, -0.25) is 0 Å². The van der Waals surface area contributed by atoms with E-state index in [0.29, 0.717) is 0 Å². The number of halogens is 1. The minimum absolute atomic E-state index is 0.0836. The van der Waals surface area contributed by atoms with Crippen LogP contribution < -0.4 is 5.32 Å². The second-order valence-electron chi connectivity index (χ2n) is 4.59. The summed E-state index contributed by atoms with van der Waals surface area (Å²) >= 11 is 3.95. The van der Waals surface area contributed by atoms with Gasteiger partial charge >= 0.3 is 0 Å². The maximum absolute atomic E-state index is 4.37. The quantitative estimate of drug-likeness (QED) is 0.662. The Morgan fingerprint density at radius 1 is 1.05 bits per heavy atom. The van der Waals surface area contributed by atoms with Crippen molar-refractivity contribution in [3.05, 3.63) is 68.7 Å². The molecular weight excluding hydrogens is 393 g/mol. The average Bonchev–Trinajstić information content (AvgIpc) is 2.99. The second-order valence-corrected chi connectivity index (χ2v) is 6.84. The van der Waals surface area contributed by atoms with Crippen molar-refractivity contribution < 1.29 is 0 Å². The molecule has 0 aliphatic carbocycles. The van der Waals surface area contributed by atoms with Gasteiger partial charge in [-0.25, -0.2) is 0 Å². The van der Waals surface area contributed by atoms with E-state index in [4.69, 9.17) is 0 Å². The Morgan fingerprint density at radius 2 is 1.86 bits per heavy atom. The molecule has 21 heavy (non-hydrogen) atoms. The SMILES string of the molecule is CNC(c1ccccc1)c1nnc(-c2cccc(I)c2)s1. The molecule has 3 nitrogen and oxygen atoms in total. The van der Waals surface area contributed by atoms with Gasteiger partial charge in [0, 0.05) is 9.13 Å². The summed E-state index contributed by atoms with van der Waals surface area (Å²) in [6, 6.07) is 18.7. The molecule has 3 rings (SSSR count). The molecule has 5 heteroatoms. The van der Waals surface area contributed by atoms with Crippen molar-refractivity contribution >= 4 is 33.9 Å². The molecule has 0 saturated heterocycles. The molecule has 0 bridgehead atoms. The number of aromatic nitrogens is 2. The molecular formula is C16H14IN3S. The van der Waals surface area contributed by atoms with Gasteiger partial charge in [0.15, 0.2) is 0 Å². The predicted octanol–water partition coefficient (Wildman–Crippen LogP) is 4.12. The number of benzene rings is 2. The molecule has 1 unspecified atom stereocenters. The summed E-state index contributed by atoms with van der Waals surface area (Å²) in [4.78, 5) is 0. The van der Waals surface area contributed by atoms with Gasteiger partial charge in [0.2, 0.25) is 0 Å². The molecule has 2 aromatic carbocycles. The molecule has 1 aromatic heterocycles. The molecule has 0 aliphatic rings. The molecule has 3 aromatic rings. The van der Waals surface area contributed by atoms with Crippen molar-refractivity contribution in [3.8, 4) is 10.6 Å². The summed E-state index contributed by atoms with van der Waals surface area (Å²) in [5.41, 5.74) is 2.32. The summed E-state index contributed by atoms with van der Waals surface area (Å²) in [6.45, 7) is 0. The molecule has 0 spiro atoms. The highest BCUT2D eigenvalue weighted by Gasteiger charge is 2.17. The van der Waals surface area contributed by atoms with Crippen LogP contribution in [0.3, 0.4) is 0 Å². The van der Waals surface area contributed by atoms with Gasteiger partial charge in [-0.2, -0.15) is 0 Å². The van der Waals surface area contributed by atoms with Gasteiger partial charge in [-0.05, 0) is 47.3 Å². The van der Waals surface area contributed by atoms with Gasteiger partial charge in [0.05, 0.1) is 6.04 Å². The first-order valence-electron chi connectivity index (χ1n) is 6.59. The first-order valence-corrected chi connectivity index (χ1v) is 8.49. The fourth-order valence-electron chi connectivity index (χ4n) is 2.17. The van der Waals surface area contributed by atoms with E-state index in [1.165, 1.54) is 9.13 Å². The molecule has 0 saturated carbocycles. The van der Waals surface area contributed by atoms with Crippen LogP contribution in [0.2, 0.25) is 0 Å². The van der Waals surface area contributed by atoms with E-state index in [-0.39, 0.29) is 6.04 Å². The third-order valence-electron chi connectivity index (χ3n) is 3.18. The topological polar surface area (TPSA) is 37.8 Å². The number of hydrogen-bond donors (Lipinski definition) is 1. The highest BCUT2D eigenvalue weighted by atomic mass is 127. The standard InChI is InChI=1S/C16H14IN3S/c1-18-14(11-6-3-2-4-7-11)16-20-19-15(21-16)12-8-5-9-13(17)10-12/h2-10,14,18H,1H3. The Labute approximate surface area is 141 Å². The molecule has 1 N–H and O–H groups in total. The molecule has 0 radical (unpaired) electrons. The van der Waals surface area contributed by atoms with Gasteiger partial charge in [0.1, 0.15) is 10.0 Å². The van der Waals surface area contributed by atoms with Crippen LogP contribution in [0, 0.1) is 3.57 Å². The van der Waals surface area contributed by atoms with Crippen LogP contribution in [0.4, 0.5) is 0 Å². The maximum Gasteiger partial charge on any atom is 0.147 e. The fraction of sp³-hybridized carbons (Fsp3) is 0.125. The van der Waals surface area contributed by atoms with Crippen molar-refractivity contribution in [1.82, 2.24) is 15.5 Å². The first-order chi connectivity index (χ1) is 10.3. The minimum Gasteiger partial charge on any atom is -0.307 e. The first kappa shape index (κ1) is 14.6. The van der Waals surface area contributed by atoms with Gasteiger partial charge in [-0.15, -0.1) is 10.2 Å². The van der Waals surface area contributed by atoms with Crippen LogP contribution >= 0.6 is 33.9 Å². The largest absolute Gasteiger partial charge is 0.307 e. The van der Waals surface area contributed by atoms with Crippen molar-refractivity contribution in [2.45, 2.75) is 6.04 Å². The molecule has 0 amide bonds. The highest BCUT2D eigenvalue weighted by Crippen LogP contribution is 2.30. The van der Waals surface area contributed by atoms with E-state index in [1.54, 1.807) is 11.3 Å². The van der Waals surface area contributed by atoms with Gasteiger partial charge < -0.3 is 5.32 Å². The van der Waals surface area contributed by atoms with Crippen molar-refractivity contribution in [2.75, 3.05) is 7.05 Å². The zero-order valence-electron chi connectivity index (χ0n) is 11.5. The van der Waals surface area contributed by atoms with Crippen LogP contribution in [-0.2, 0) is 0 Å². The lowest BCUT2D eigenvalue weighted by atomic mass is 10.1. The summed E-state index contributed by atoms with van der Waals surface area (Å²) < 4.78 is 1.20. The third kappa shape index (κ3) is 3.30. The van der Waals surface area contributed by atoms with E-state index in [9.17, 15) is 0 Å². The van der Waals surface area contributed by atoms with E-state index >= 15 is 0 Å². The maximum atomic E-state index is 4.37. The summed E-state index contributed by atoms with van der Waals surface area (Å²) in [5, 5.41) is 14.0. The monoisotopic (exact) mass is 407 g/mol. The zero-order chi connectivity index (χ0) is 14.7. The van der Waals surface area contributed by atoms with Gasteiger partial charge in [-0.1, -0.05) is 53.8 Å². The van der Waals surface area contributed by atoms with E-state index in [1.807, 2.05) is 31.3 Å². The molecule has 0 fully saturated rings. The zero-order valence-corrected chi connectivity index (χ0v) is 14.4. The van der Waals surface area contributed by atoms with Crippen LogP contribution in [0.25, 0.3) is 10.6 Å². The average molecular weight is 407 g/mol. The molecule has 0 aliphatic heterocycles. The second kappa shape index (κ2) is 6.64. The minimum atomic E-state index is 0.0836. The van der Waals surface area contributed by atoms with E-state index < -0.39 is 0 Å². The lowest BCUT2D eigenvalue weighted by Gasteiger charge is -2.12. The molecule has 106 valence electrons. The number of nitrogens with zero attached hydrogens (tertiary/aromatic N) is 2. The molecule has 1 atom stereocenters. The lowest BCUT2D eigenvalue weighted by molar-refractivity contribution is 0.678. The third-order valence-corrected chi connectivity index (χ3v) is 4.89. The fourth-order valence-corrected chi connectivity index (χ4v) is 3.69. The molecule has 1 heterocycles. The number of rotatable bonds is 4. The summed E-state index contributed by atoms with van der Waals surface area (Å²) in [5.74, 6) is 0. The lowest BCUT2D eigenvalue weighted by Crippen LogP contribution is -2.17. The Hall–Kier alpha value is -1.31. The Kier molecular flexibility index (Phi) is 4.62. The van der Waals surface area contributed by atoms with Crippen molar-refractivity contribution in [1.29, 1.82) is 0 Å². The van der Waals surface area contributed by atoms with Crippen LogP contribution in [0.5, 0.6) is 0 Å². The van der Waals surface area contributed by atoms with E-state index in [0.717, 1.165) is 15.6 Å². The highest BCUT2D eigenvalue weighted by molar-refractivity contribution is 14.1. The van der Waals surface area contributed by atoms with Crippen molar-refractivity contribution in [2.24, 2.45) is 0 Å². The number of hydrogen-bond acceptors (Lipinski definition) is 4. The summed E-state index contributed by atoms with van der Waals surface area (Å²) in [7, 11) is 1.95. The Balaban J connectivity index is 1.94. The normalized spacial score (nSPS) is 12.3. The number of nitrogens with one attached hydrogen (secondary N) is 1. The summed E-state index contributed by atoms with van der Waals surface area (Å²) in [6.07, 6.45) is 0. The van der Waals surface area contributed by atoms with Crippen LogP contribution in [-0.4, -0.2) is 17.2 Å². The van der Waals surface area contributed by atoms with Crippen LogP contribution in [0.1, 0.15) is 16.6 Å². The van der Waals surface area contributed by atoms with Crippen LogP contribution in [0.15, 0.2) is 54.6 Å². The van der Waals surface area contributed by atoms with E-state index in [2.05, 4.69) is 68.4 Å². The smallest absolute Gasteiger partial charge is 0.147 e. The Morgan fingerprint density at radius 3 is 2.57 bits per heavy atom.